The zero-order valence-corrected chi connectivity index (χ0v) is 15.0. The average molecular weight is 347 g/mol. The summed E-state index contributed by atoms with van der Waals surface area (Å²) in [5.74, 6) is 0.993. The lowest BCUT2D eigenvalue weighted by Crippen LogP contribution is -2.43. The molecule has 0 spiro atoms. The zero-order chi connectivity index (χ0) is 18.0. The van der Waals surface area contributed by atoms with E-state index in [2.05, 4.69) is 11.6 Å². The lowest BCUT2D eigenvalue weighted by atomic mass is 10.0. The fourth-order valence-electron chi connectivity index (χ4n) is 3.86. The standard InChI is InChI=1S/C19H29N3O3/c1-12(2)11-21-16-10-13-9-15(13)17(16)18(20)19(24)22-5-3-14(4-6-22)25-8-7-23/h13-15,23H,1,3-11,20H2,2H3/b18-17-,21-16?. The van der Waals surface area contributed by atoms with E-state index in [9.17, 15) is 4.79 Å². The van der Waals surface area contributed by atoms with Crippen molar-refractivity contribution in [1.82, 2.24) is 4.90 Å². The number of ether oxygens (including phenoxy) is 1. The average Bonchev–Trinajstić information content (AvgIpc) is 3.28. The highest BCUT2D eigenvalue weighted by molar-refractivity contribution is 6.10. The first-order chi connectivity index (χ1) is 12.0. The molecule has 2 aliphatic carbocycles. The number of nitrogens with two attached hydrogens (primary N) is 1. The van der Waals surface area contributed by atoms with E-state index in [4.69, 9.17) is 15.6 Å². The minimum atomic E-state index is -0.0637. The molecular formula is C19H29N3O3. The van der Waals surface area contributed by atoms with E-state index in [-0.39, 0.29) is 18.6 Å². The van der Waals surface area contributed by atoms with E-state index >= 15 is 0 Å². The number of likely N-dealkylation sites (tertiary alicyclic amines) is 1. The van der Waals surface area contributed by atoms with Crippen LogP contribution in [0.5, 0.6) is 0 Å². The molecule has 3 fully saturated rings. The van der Waals surface area contributed by atoms with Gasteiger partial charge in [0.1, 0.15) is 5.70 Å². The fraction of sp³-hybridized carbons (Fsp3) is 0.684. The first-order valence-electron chi connectivity index (χ1n) is 9.20. The molecular weight excluding hydrogens is 318 g/mol. The van der Waals surface area contributed by atoms with Gasteiger partial charge in [0, 0.05) is 24.4 Å². The molecule has 1 aliphatic heterocycles. The number of aliphatic imine (C=N–C) groups is 1. The monoisotopic (exact) mass is 347 g/mol. The Balaban J connectivity index is 1.66. The topological polar surface area (TPSA) is 88.2 Å². The molecule has 2 atom stereocenters. The summed E-state index contributed by atoms with van der Waals surface area (Å²) in [7, 11) is 0. The third-order valence-corrected chi connectivity index (χ3v) is 5.29. The summed E-state index contributed by atoms with van der Waals surface area (Å²) in [5, 5.41) is 8.83. The molecule has 2 saturated carbocycles. The normalized spacial score (nSPS) is 29.7. The van der Waals surface area contributed by atoms with Gasteiger partial charge in [-0.1, -0.05) is 12.2 Å². The summed E-state index contributed by atoms with van der Waals surface area (Å²) in [5.41, 5.74) is 9.71. The van der Waals surface area contributed by atoms with Crippen LogP contribution in [0.2, 0.25) is 0 Å². The molecule has 6 nitrogen and oxygen atoms in total. The summed E-state index contributed by atoms with van der Waals surface area (Å²) in [6, 6.07) is 0. The maximum absolute atomic E-state index is 12.8. The molecule has 6 heteroatoms. The predicted molar refractivity (Wildman–Crippen MR) is 97.2 cm³/mol. The van der Waals surface area contributed by atoms with E-state index in [0.717, 1.165) is 42.5 Å². The molecule has 1 heterocycles. The van der Waals surface area contributed by atoms with Gasteiger partial charge in [-0.25, -0.2) is 0 Å². The van der Waals surface area contributed by atoms with E-state index in [0.29, 0.717) is 43.8 Å². The predicted octanol–water partition coefficient (Wildman–Crippen LogP) is 1.26. The highest BCUT2D eigenvalue weighted by Crippen LogP contribution is 2.54. The molecule has 0 aromatic rings. The van der Waals surface area contributed by atoms with Crippen LogP contribution in [-0.2, 0) is 9.53 Å². The van der Waals surface area contributed by atoms with Crippen LogP contribution < -0.4 is 5.73 Å². The van der Waals surface area contributed by atoms with E-state index in [1.165, 1.54) is 0 Å². The second-order valence-corrected chi connectivity index (χ2v) is 7.44. The number of fused-ring (bicyclic) bond motifs is 1. The van der Waals surface area contributed by atoms with Crippen LogP contribution in [0.15, 0.2) is 28.4 Å². The minimum Gasteiger partial charge on any atom is -0.394 e. The van der Waals surface area contributed by atoms with E-state index in [1.807, 2.05) is 11.8 Å². The van der Waals surface area contributed by atoms with E-state index < -0.39 is 0 Å². The number of hydrogen-bond donors (Lipinski definition) is 2. The first-order valence-corrected chi connectivity index (χ1v) is 9.20. The van der Waals surface area contributed by atoms with E-state index in [1.54, 1.807) is 0 Å². The number of carbonyl (C=O) groups is 1. The smallest absolute Gasteiger partial charge is 0.270 e. The number of amides is 1. The van der Waals surface area contributed by atoms with Gasteiger partial charge < -0.3 is 20.5 Å². The third kappa shape index (κ3) is 4.12. The SMILES string of the molecule is C=C(C)CN=C1CC2CC2/C1=C(/N)C(=O)N1CCC(OCCO)CC1. The van der Waals surface area contributed by atoms with Crippen molar-refractivity contribution in [2.75, 3.05) is 32.8 Å². The number of allylic oxidation sites excluding steroid dienone is 1. The Morgan fingerprint density at radius 2 is 2.16 bits per heavy atom. The molecule has 3 rings (SSSR count). The van der Waals surface area contributed by atoms with Gasteiger partial charge in [0.15, 0.2) is 0 Å². The van der Waals surface area contributed by atoms with Gasteiger partial charge in [0.05, 0.1) is 25.9 Å². The fourth-order valence-corrected chi connectivity index (χ4v) is 3.86. The summed E-state index contributed by atoms with van der Waals surface area (Å²) in [4.78, 5) is 19.3. The van der Waals surface area contributed by atoms with Crippen molar-refractivity contribution < 1.29 is 14.6 Å². The van der Waals surface area contributed by atoms with Crippen LogP contribution in [0.25, 0.3) is 0 Å². The zero-order valence-electron chi connectivity index (χ0n) is 15.0. The van der Waals surface area contributed by atoms with Crippen LogP contribution in [0.4, 0.5) is 0 Å². The summed E-state index contributed by atoms with van der Waals surface area (Å²) >= 11 is 0. The van der Waals surface area contributed by atoms with Crippen LogP contribution in [0.3, 0.4) is 0 Å². The Kier molecular flexibility index (Phi) is 5.59. The Morgan fingerprint density at radius 1 is 1.44 bits per heavy atom. The van der Waals surface area contributed by atoms with Gasteiger partial charge in [-0.3, -0.25) is 9.79 Å². The van der Waals surface area contributed by atoms with Gasteiger partial charge in [-0.05, 0) is 44.4 Å². The van der Waals surface area contributed by atoms with Gasteiger partial charge in [-0.2, -0.15) is 0 Å². The maximum Gasteiger partial charge on any atom is 0.270 e. The van der Waals surface area contributed by atoms with Crippen molar-refractivity contribution in [3.05, 3.63) is 23.4 Å². The third-order valence-electron chi connectivity index (χ3n) is 5.29. The molecule has 1 saturated heterocycles. The second-order valence-electron chi connectivity index (χ2n) is 7.44. The van der Waals surface area contributed by atoms with Crippen LogP contribution in [-0.4, -0.2) is 60.6 Å². The number of hydrogen-bond acceptors (Lipinski definition) is 5. The molecule has 0 bridgehead atoms. The maximum atomic E-state index is 12.8. The molecule has 1 amide bonds. The van der Waals surface area contributed by atoms with Crippen molar-refractivity contribution in [2.24, 2.45) is 22.6 Å². The second kappa shape index (κ2) is 7.70. The molecule has 0 aromatic carbocycles. The number of rotatable bonds is 6. The molecule has 138 valence electrons. The lowest BCUT2D eigenvalue weighted by Gasteiger charge is -2.32. The molecule has 25 heavy (non-hydrogen) atoms. The Bertz CT molecular complexity index is 603. The van der Waals surface area contributed by atoms with Crippen LogP contribution >= 0.6 is 0 Å². The Labute approximate surface area is 149 Å². The largest absolute Gasteiger partial charge is 0.394 e. The number of aliphatic hydroxyl groups is 1. The highest BCUT2D eigenvalue weighted by Gasteiger charge is 2.50. The number of nitrogens with zero attached hydrogens (tertiary/aromatic N) is 2. The summed E-state index contributed by atoms with van der Waals surface area (Å²) < 4.78 is 5.56. The van der Waals surface area contributed by atoms with Crippen molar-refractivity contribution in [1.29, 1.82) is 0 Å². The number of carbonyl (C=O) groups excluding carboxylic acids is 1. The quantitative estimate of drug-likeness (QED) is 0.559. The summed E-state index contributed by atoms with van der Waals surface area (Å²) in [6.07, 6.45) is 3.77. The first kappa shape index (κ1) is 18.1. The van der Waals surface area contributed by atoms with Crippen molar-refractivity contribution in [3.8, 4) is 0 Å². The van der Waals surface area contributed by atoms with Crippen LogP contribution in [0, 0.1) is 11.8 Å². The molecule has 2 unspecified atom stereocenters. The Morgan fingerprint density at radius 3 is 2.80 bits per heavy atom. The van der Waals surface area contributed by atoms with Gasteiger partial charge in [-0.15, -0.1) is 0 Å². The van der Waals surface area contributed by atoms with Gasteiger partial charge in [0.2, 0.25) is 0 Å². The van der Waals surface area contributed by atoms with Crippen LogP contribution in [0.1, 0.15) is 32.6 Å². The number of aliphatic hydroxyl groups excluding tert-OH is 1. The molecule has 3 N–H and O–H groups in total. The van der Waals surface area contributed by atoms with Gasteiger partial charge in [0.25, 0.3) is 5.91 Å². The summed E-state index contributed by atoms with van der Waals surface area (Å²) in [6.45, 7) is 8.15. The van der Waals surface area contributed by atoms with Gasteiger partial charge >= 0.3 is 0 Å². The number of piperidine rings is 1. The Hall–Kier alpha value is -1.66. The highest BCUT2D eigenvalue weighted by atomic mass is 16.5. The molecule has 0 radical (unpaired) electrons. The van der Waals surface area contributed by atoms with Crippen molar-refractivity contribution in [2.45, 2.75) is 38.7 Å². The van der Waals surface area contributed by atoms with Crippen molar-refractivity contribution >= 4 is 11.6 Å². The lowest BCUT2D eigenvalue weighted by molar-refractivity contribution is -0.130. The molecule has 0 aromatic heterocycles. The molecule has 3 aliphatic rings. The minimum absolute atomic E-state index is 0.0348. The van der Waals surface area contributed by atoms with Crippen molar-refractivity contribution in [3.63, 3.8) is 0 Å².